The zero-order chi connectivity index (χ0) is 16.4. The Morgan fingerprint density at radius 1 is 1.39 bits per heavy atom. The molecule has 126 valence electrons. The van der Waals surface area contributed by atoms with E-state index in [9.17, 15) is 9.90 Å². The molecule has 2 aliphatic heterocycles. The highest BCUT2D eigenvalue weighted by Crippen LogP contribution is 2.33. The monoisotopic (exact) mass is 317 g/mol. The van der Waals surface area contributed by atoms with Gasteiger partial charge in [-0.3, -0.25) is 0 Å². The number of carbonyl (C=O) groups is 1. The molecule has 1 saturated heterocycles. The minimum atomic E-state index is -0.131. The summed E-state index contributed by atoms with van der Waals surface area (Å²) in [5.74, 6) is 0. The van der Waals surface area contributed by atoms with Crippen molar-refractivity contribution in [3.63, 3.8) is 0 Å². The van der Waals surface area contributed by atoms with E-state index in [1.807, 2.05) is 11.0 Å². The molecule has 0 spiro atoms. The summed E-state index contributed by atoms with van der Waals surface area (Å²) in [6.45, 7) is 4.67. The molecule has 1 aromatic carbocycles. The molecule has 1 unspecified atom stereocenters. The van der Waals surface area contributed by atoms with E-state index in [1.54, 1.807) is 0 Å². The number of fused-ring (bicyclic) bond motifs is 1. The van der Waals surface area contributed by atoms with Crippen molar-refractivity contribution in [2.24, 2.45) is 5.41 Å². The standard InChI is InChI=1S/C18H27N3O2/c1-3-18(13-22)8-4-9-21(12-18)17(23)19-15-6-5-14-7-10-20(2)16(14)11-15/h5-6,11,22H,3-4,7-10,12-13H2,1-2H3,(H,19,23). The summed E-state index contributed by atoms with van der Waals surface area (Å²) in [6, 6.07) is 6.09. The van der Waals surface area contributed by atoms with E-state index in [4.69, 9.17) is 0 Å². The molecular formula is C18H27N3O2. The molecule has 5 nitrogen and oxygen atoms in total. The molecule has 0 saturated carbocycles. The first-order valence-electron chi connectivity index (χ1n) is 8.58. The summed E-state index contributed by atoms with van der Waals surface area (Å²) in [7, 11) is 2.08. The minimum Gasteiger partial charge on any atom is -0.396 e. The molecule has 2 heterocycles. The number of nitrogens with zero attached hydrogens (tertiary/aromatic N) is 2. The number of nitrogens with one attached hydrogen (secondary N) is 1. The molecule has 1 fully saturated rings. The number of amides is 2. The first-order valence-corrected chi connectivity index (χ1v) is 8.58. The number of aliphatic hydroxyl groups excluding tert-OH is 1. The summed E-state index contributed by atoms with van der Waals surface area (Å²) < 4.78 is 0. The zero-order valence-corrected chi connectivity index (χ0v) is 14.1. The highest BCUT2D eigenvalue weighted by molar-refractivity contribution is 5.90. The normalized spacial score (nSPS) is 23.8. The molecule has 2 N–H and O–H groups in total. The van der Waals surface area contributed by atoms with Crippen molar-refractivity contribution in [2.45, 2.75) is 32.6 Å². The molecule has 0 aromatic heterocycles. The summed E-state index contributed by atoms with van der Waals surface area (Å²) in [5.41, 5.74) is 3.26. The molecule has 2 amide bonds. The summed E-state index contributed by atoms with van der Waals surface area (Å²) in [6.07, 6.45) is 3.92. The van der Waals surface area contributed by atoms with Gasteiger partial charge in [-0.1, -0.05) is 13.0 Å². The number of hydrogen-bond acceptors (Lipinski definition) is 3. The minimum absolute atomic E-state index is 0.0587. The number of anilines is 2. The van der Waals surface area contributed by atoms with Gasteiger partial charge >= 0.3 is 6.03 Å². The summed E-state index contributed by atoms with van der Waals surface area (Å²) >= 11 is 0. The molecule has 0 bridgehead atoms. The number of piperidine rings is 1. The van der Waals surface area contributed by atoms with Crippen LogP contribution in [0.3, 0.4) is 0 Å². The third-order valence-corrected chi connectivity index (χ3v) is 5.50. The van der Waals surface area contributed by atoms with Crippen molar-refractivity contribution in [1.82, 2.24) is 4.90 Å². The fourth-order valence-corrected chi connectivity index (χ4v) is 3.73. The van der Waals surface area contributed by atoms with Crippen LogP contribution in [0.2, 0.25) is 0 Å². The molecule has 5 heteroatoms. The van der Waals surface area contributed by atoms with Crippen LogP contribution in [-0.2, 0) is 6.42 Å². The highest BCUT2D eigenvalue weighted by Gasteiger charge is 2.35. The van der Waals surface area contributed by atoms with Gasteiger partial charge in [0, 0.05) is 43.5 Å². The number of carbonyl (C=O) groups excluding carboxylic acids is 1. The van der Waals surface area contributed by atoms with Crippen LogP contribution in [0.1, 0.15) is 31.7 Å². The Balaban J connectivity index is 1.68. The smallest absolute Gasteiger partial charge is 0.321 e. The number of hydrogen-bond donors (Lipinski definition) is 2. The number of urea groups is 1. The molecule has 3 rings (SSSR count). The number of aliphatic hydroxyl groups is 1. The SMILES string of the molecule is CCC1(CO)CCCN(C(=O)Nc2ccc3c(c2)N(C)CC3)C1. The van der Waals surface area contributed by atoms with Crippen LogP contribution in [-0.4, -0.2) is 49.3 Å². The molecular weight excluding hydrogens is 290 g/mol. The van der Waals surface area contributed by atoms with Crippen molar-refractivity contribution < 1.29 is 9.90 Å². The van der Waals surface area contributed by atoms with Crippen molar-refractivity contribution in [1.29, 1.82) is 0 Å². The van der Waals surface area contributed by atoms with Gasteiger partial charge in [0.15, 0.2) is 0 Å². The first-order chi connectivity index (χ1) is 11.1. The molecule has 1 atom stereocenters. The Bertz CT molecular complexity index is 584. The van der Waals surface area contributed by atoms with E-state index < -0.39 is 0 Å². The fourth-order valence-electron chi connectivity index (χ4n) is 3.73. The number of likely N-dealkylation sites (N-methyl/N-ethyl adjacent to an activating group) is 1. The molecule has 2 aliphatic rings. The lowest BCUT2D eigenvalue weighted by molar-refractivity contribution is 0.0468. The molecule has 23 heavy (non-hydrogen) atoms. The lowest BCUT2D eigenvalue weighted by atomic mass is 9.78. The van der Waals surface area contributed by atoms with Crippen LogP contribution in [0.25, 0.3) is 0 Å². The number of likely N-dealkylation sites (tertiary alicyclic amines) is 1. The Morgan fingerprint density at radius 3 is 2.96 bits per heavy atom. The lowest BCUT2D eigenvalue weighted by Gasteiger charge is -2.41. The second kappa shape index (κ2) is 6.40. The zero-order valence-electron chi connectivity index (χ0n) is 14.1. The number of benzene rings is 1. The van der Waals surface area contributed by atoms with E-state index in [1.165, 1.54) is 11.3 Å². The third-order valence-electron chi connectivity index (χ3n) is 5.50. The maximum absolute atomic E-state index is 12.6. The van der Waals surface area contributed by atoms with E-state index in [-0.39, 0.29) is 18.1 Å². The Labute approximate surface area is 138 Å². The van der Waals surface area contributed by atoms with Gasteiger partial charge in [-0.25, -0.2) is 4.79 Å². The van der Waals surface area contributed by atoms with Gasteiger partial charge in [-0.2, -0.15) is 0 Å². The predicted octanol–water partition coefficient (Wildman–Crippen LogP) is 2.70. The van der Waals surface area contributed by atoms with Gasteiger partial charge < -0.3 is 20.2 Å². The van der Waals surface area contributed by atoms with Crippen LogP contribution < -0.4 is 10.2 Å². The topological polar surface area (TPSA) is 55.8 Å². The van der Waals surface area contributed by atoms with Gasteiger partial charge in [0.1, 0.15) is 0 Å². The Kier molecular flexibility index (Phi) is 4.48. The Hall–Kier alpha value is -1.75. The third kappa shape index (κ3) is 3.15. The van der Waals surface area contributed by atoms with Crippen LogP contribution >= 0.6 is 0 Å². The van der Waals surface area contributed by atoms with Crippen LogP contribution in [0.4, 0.5) is 16.2 Å². The number of rotatable bonds is 3. The highest BCUT2D eigenvalue weighted by atomic mass is 16.3. The van der Waals surface area contributed by atoms with Gasteiger partial charge in [0.25, 0.3) is 0 Å². The first kappa shape index (κ1) is 16.1. The van der Waals surface area contributed by atoms with Gasteiger partial charge in [-0.15, -0.1) is 0 Å². The molecule has 0 aliphatic carbocycles. The molecule has 0 radical (unpaired) electrons. The van der Waals surface area contributed by atoms with Crippen molar-refractivity contribution in [2.75, 3.05) is 43.5 Å². The second-order valence-electron chi connectivity index (χ2n) is 6.98. The van der Waals surface area contributed by atoms with Crippen molar-refractivity contribution in [3.8, 4) is 0 Å². The Morgan fingerprint density at radius 2 is 2.22 bits per heavy atom. The van der Waals surface area contributed by atoms with E-state index in [0.29, 0.717) is 6.54 Å². The van der Waals surface area contributed by atoms with Gasteiger partial charge in [-0.05, 0) is 43.4 Å². The average molecular weight is 317 g/mol. The summed E-state index contributed by atoms with van der Waals surface area (Å²) in [5, 5.41) is 12.7. The van der Waals surface area contributed by atoms with Gasteiger partial charge in [0.05, 0.1) is 6.61 Å². The maximum atomic E-state index is 12.6. The van der Waals surface area contributed by atoms with Crippen molar-refractivity contribution >= 4 is 17.4 Å². The van der Waals surface area contributed by atoms with Crippen LogP contribution in [0.5, 0.6) is 0 Å². The quantitative estimate of drug-likeness (QED) is 0.901. The van der Waals surface area contributed by atoms with E-state index >= 15 is 0 Å². The maximum Gasteiger partial charge on any atom is 0.321 e. The summed E-state index contributed by atoms with van der Waals surface area (Å²) in [4.78, 5) is 16.7. The predicted molar refractivity (Wildman–Crippen MR) is 93.1 cm³/mol. The molecule has 1 aromatic rings. The van der Waals surface area contributed by atoms with Crippen molar-refractivity contribution in [3.05, 3.63) is 23.8 Å². The van der Waals surface area contributed by atoms with E-state index in [0.717, 1.165) is 44.5 Å². The second-order valence-corrected chi connectivity index (χ2v) is 6.98. The van der Waals surface area contributed by atoms with Crippen LogP contribution in [0, 0.1) is 5.41 Å². The average Bonchev–Trinajstić information content (AvgIpc) is 2.95. The fraction of sp³-hybridized carbons (Fsp3) is 0.611. The largest absolute Gasteiger partial charge is 0.396 e. The van der Waals surface area contributed by atoms with Gasteiger partial charge in [0.2, 0.25) is 0 Å². The lowest BCUT2D eigenvalue weighted by Crippen LogP contribution is -2.49. The van der Waals surface area contributed by atoms with E-state index in [2.05, 4.69) is 36.3 Å². The van der Waals surface area contributed by atoms with Crippen LogP contribution in [0.15, 0.2) is 18.2 Å².